The standard InChI is InChI=1S/C28H50O6/c1-11-22-17(6)16(5)19(8)27(31-22)33-25-18(7)20(9)28(34-26(25)21(10)29)32-24-14(3)13-15(4)30-23(24)12-2/h14-20,22-28H,11-13H2,1-10H3/t14?,15?,16-,17-,18+,19?,20?,22?,23?,24+,25-,26?,27+,28+/m0/s1. The van der Waals surface area contributed by atoms with E-state index in [2.05, 4.69) is 62.3 Å². The Kier molecular flexibility index (Phi) is 9.64. The van der Waals surface area contributed by atoms with Crippen molar-refractivity contribution in [3.63, 3.8) is 0 Å². The maximum atomic E-state index is 12.8. The van der Waals surface area contributed by atoms with Crippen molar-refractivity contribution in [3.05, 3.63) is 0 Å². The molecule has 0 spiro atoms. The van der Waals surface area contributed by atoms with Crippen LogP contribution in [-0.2, 0) is 28.5 Å². The molecule has 6 nitrogen and oxygen atoms in total. The molecule has 7 unspecified atom stereocenters. The molecular weight excluding hydrogens is 432 g/mol. The van der Waals surface area contributed by atoms with Crippen molar-refractivity contribution < 1.29 is 28.5 Å². The minimum atomic E-state index is -0.666. The van der Waals surface area contributed by atoms with Crippen LogP contribution >= 0.6 is 0 Å². The lowest BCUT2D eigenvalue weighted by atomic mass is 9.78. The van der Waals surface area contributed by atoms with Crippen molar-refractivity contribution in [1.82, 2.24) is 0 Å². The van der Waals surface area contributed by atoms with Crippen LogP contribution in [0.15, 0.2) is 0 Å². The number of ether oxygens (including phenoxy) is 5. The van der Waals surface area contributed by atoms with Crippen LogP contribution in [0.2, 0.25) is 0 Å². The van der Waals surface area contributed by atoms with Crippen LogP contribution in [0.5, 0.6) is 0 Å². The van der Waals surface area contributed by atoms with Crippen LogP contribution in [0.25, 0.3) is 0 Å². The third-order valence-corrected chi connectivity index (χ3v) is 9.17. The van der Waals surface area contributed by atoms with E-state index in [1.807, 2.05) is 0 Å². The summed E-state index contributed by atoms with van der Waals surface area (Å²) in [5.74, 6) is 1.70. The SMILES string of the molecule is CCC1OC(C)CC(C)[C@H]1O[C@@H]1OC(C(C)=O)[C@@H](O[C@H]2OC(CC)[C@@H](C)[C@H](C)C2C)[C@H](C)C1C. The quantitative estimate of drug-likeness (QED) is 0.470. The molecule has 0 radical (unpaired) electrons. The molecule has 0 aromatic heterocycles. The third-order valence-electron chi connectivity index (χ3n) is 9.17. The Morgan fingerprint density at radius 2 is 1.26 bits per heavy atom. The molecule has 0 amide bonds. The molecule has 0 N–H and O–H groups in total. The van der Waals surface area contributed by atoms with Gasteiger partial charge in [0, 0.05) is 11.8 Å². The predicted molar refractivity (Wildman–Crippen MR) is 132 cm³/mol. The molecule has 198 valence electrons. The minimum Gasteiger partial charge on any atom is -0.373 e. The number of ketones is 1. The van der Waals surface area contributed by atoms with Gasteiger partial charge in [0.2, 0.25) is 0 Å². The monoisotopic (exact) mass is 482 g/mol. The lowest BCUT2D eigenvalue weighted by molar-refractivity contribution is -0.331. The summed E-state index contributed by atoms with van der Waals surface area (Å²) in [6.07, 6.45) is 1.39. The van der Waals surface area contributed by atoms with Gasteiger partial charge in [-0.15, -0.1) is 0 Å². The van der Waals surface area contributed by atoms with Crippen molar-refractivity contribution in [2.75, 3.05) is 0 Å². The zero-order chi connectivity index (χ0) is 25.3. The second kappa shape index (κ2) is 11.7. The molecule has 0 bridgehead atoms. The molecule has 0 saturated carbocycles. The van der Waals surface area contributed by atoms with Gasteiger partial charge in [-0.2, -0.15) is 0 Å². The van der Waals surface area contributed by atoms with Crippen molar-refractivity contribution in [2.45, 2.75) is 138 Å². The van der Waals surface area contributed by atoms with Crippen LogP contribution in [0.4, 0.5) is 0 Å². The lowest BCUT2D eigenvalue weighted by Gasteiger charge is -2.49. The van der Waals surface area contributed by atoms with E-state index >= 15 is 0 Å². The molecule has 3 saturated heterocycles. The number of carbonyl (C=O) groups excluding carboxylic acids is 1. The van der Waals surface area contributed by atoms with Gasteiger partial charge >= 0.3 is 0 Å². The molecule has 6 heteroatoms. The molecule has 0 aromatic rings. The van der Waals surface area contributed by atoms with Gasteiger partial charge in [0.15, 0.2) is 18.4 Å². The van der Waals surface area contributed by atoms with E-state index in [9.17, 15) is 4.79 Å². The molecular formula is C28H50O6. The van der Waals surface area contributed by atoms with Crippen LogP contribution in [0.3, 0.4) is 0 Å². The molecule has 3 fully saturated rings. The van der Waals surface area contributed by atoms with Crippen molar-refractivity contribution >= 4 is 5.78 Å². The first-order chi connectivity index (χ1) is 16.0. The number of hydrogen-bond donors (Lipinski definition) is 0. The Bertz CT molecular complexity index is 667. The Balaban J connectivity index is 1.75. The molecule has 3 aliphatic heterocycles. The van der Waals surface area contributed by atoms with Crippen molar-refractivity contribution in [2.24, 2.45) is 35.5 Å². The van der Waals surface area contributed by atoms with Crippen molar-refractivity contribution in [1.29, 1.82) is 0 Å². The van der Waals surface area contributed by atoms with Crippen LogP contribution in [-0.4, -0.2) is 55.0 Å². The van der Waals surface area contributed by atoms with Gasteiger partial charge in [-0.25, -0.2) is 0 Å². The van der Waals surface area contributed by atoms with E-state index in [1.54, 1.807) is 6.92 Å². The molecule has 3 heterocycles. The van der Waals surface area contributed by atoms with E-state index in [0.29, 0.717) is 17.8 Å². The van der Waals surface area contributed by atoms with Gasteiger partial charge in [-0.3, -0.25) is 4.79 Å². The average molecular weight is 483 g/mol. The second-order valence-electron chi connectivity index (χ2n) is 11.6. The van der Waals surface area contributed by atoms with Gasteiger partial charge in [-0.1, -0.05) is 55.4 Å². The number of rotatable bonds is 7. The molecule has 0 aliphatic carbocycles. The predicted octanol–water partition coefficient (Wildman–Crippen LogP) is 5.61. The first kappa shape index (κ1) is 28.0. The Hall–Kier alpha value is -0.530. The number of carbonyl (C=O) groups is 1. The van der Waals surface area contributed by atoms with Gasteiger partial charge in [0.1, 0.15) is 6.10 Å². The summed E-state index contributed by atoms with van der Waals surface area (Å²) in [7, 11) is 0. The van der Waals surface area contributed by atoms with Gasteiger partial charge in [0.05, 0.1) is 30.5 Å². The highest BCUT2D eigenvalue weighted by molar-refractivity contribution is 5.81. The summed E-state index contributed by atoms with van der Waals surface area (Å²) < 4.78 is 32.2. The zero-order valence-electron chi connectivity index (χ0n) is 23.2. The number of Topliss-reactive ketones (excluding diaryl/α,β-unsaturated/α-hetero) is 1. The smallest absolute Gasteiger partial charge is 0.162 e. The molecule has 14 atom stereocenters. The third kappa shape index (κ3) is 5.72. The van der Waals surface area contributed by atoms with Crippen LogP contribution < -0.4 is 0 Å². The highest BCUT2D eigenvalue weighted by Crippen LogP contribution is 2.41. The Labute approximate surface area is 207 Å². The fourth-order valence-corrected chi connectivity index (χ4v) is 6.27. The Morgan fingerprint density at radius 3 is 1.85 bits per heavy atom. The zero-order valence-corrected chi connectivity index (χ0v) is 23.2. The van der Waals surface area contributed by atoms with E-state index in [1.165, 1.54) is 0 Å². The second-order valence-corrected chi connectivity index (χ2v) is 11.6. The van der Waals surface area contributed by atoms with Gasteiger partial charge < -0.3 is 23.7 Å². The maximum Gasteiger partial charge on any atom is 0.162 e. The maximum absolute atomic E-state index is 12.8. The van der Waals surface area contributed by atoms with Crippen LogP contribution in [0, 0.1) is 35.5 Å². The highest BCUT2D eigenvalue weighted by Gasteiger charge is 2.49. The molecule has 0 aromatic carbocycles. The number of hydrogen-bond acceptors (Lipinski definition) is 6. The Morgan fingerprint density at radius 1 is 0.706 bits per heavy atom. The largest absolute Gasteiger partial charge is 0.373 e. The van der Waals surface area contributed by atoms with Crippen molar-refractivity contribution in [3.8, 4) is 0 Å². The highest BCUT2D eigenvalue weighted by atomic mass is 16.7. The van der Waals surface area contributed by atoms with Gasteiger partial charge in [-0.05, 0) is 56.8 Å². The molecule has 3 rings (SSSR count). The molecule has 3 aliphatic rings. The normalized spacial score (nSPS) is 50.2. The first-order valence-corrected chi connectivity index (χ1v) is 13.8. The first-order valence-electron chi connectivity index (χ1n) is 13.8. The van der Waals surface area contributed by atoms with Crippen LogP contribution in [0.1, 0.15) is 88.5 Å². The summed E-state index contributed by atoms with van der Waals surface area (Å²) in [6.45, 7) is 21.3. The summed E-state index contributed by atoms with van der Waals surface area (Å²) in [5, 5.41) is 0. The average Bonchev–Trinajstić information content (AvgIpc) is 2.79. The summed E-state index contributed by atoms with van der Waals surface area (Å²) in [5.41, 5.74) is 0. The minimum absolute atomic E-state index is 0.0251. The topological polar surface area (TPSA) is 63.2 Å². The fourth-order valence-electron chi connectivity index (χ4n) is 6.27. The fraction of sp³-hybridized carbons (Fsp3) is 0.964. The van der Waals surface area contributed by atoms with E-state index < -0.39 is 12.4 Å². The lowest BCUT2D eigenvalue weighted by Crippen LogP contribution is -2.58. The van der Waals surface area contributed by atoms with E-state index in [-0.39, 0.29) is 60.3 Å². The van der Waals surface area contributed by atoms with E-state index in [4.69, 9.17) is 23.7 Å². The summed E-state index contributed by atoms with van der Waals surface area (Å²) in [4.78, 5) is 12.8. The summed E-state index contributed by atoms with van der Waals surface area (Å²) >= 11 is 0. The molecule has 34 heavy (non-hydrogen) atoms. The van der Waals surface area contributed by atoms with E-state index in [0.717, 1.165) is 19.3 Å². The summed E-state index contributed by atoms with van der Waals surface area (Å²) in [6, 6.07) is 0. The van der Waals surface area contributed by atoms with Gasteiger partial charge in [0.25, 0.3) is 0 Å².